The van der Waals surface area contributed by atoms with E-state index in [0.717, 1.165) is 25.0 Å². The van der Waals surface area contributed by atoms with Crippen LogP contribution in [0, 0.1) is 5.41 Å². The van der Waals surface area contributed by atoms with Gasteiger partial charge in [0, 0.05) is 37.5 Å². The van der Waals surface area contributed by atoms with E-state index in [2.05, 4.69) is 11.1 Å². The van der Waals surface area contributed by atoms with Gasteiger partial charge in [-0.05, 0) is 52.2 Å². The summed E-state index contributed by atoms with van der Waals surface area (Å²) in [4.78, 5) is 18.4. The van der Waals surface area contributed by atoms with Gasteiger partial charge in [-0.3, -0.25) is 4.98 Å². The molecular formula is C18H28N2O3. The zero-order valence-electron chi connectivity index (χ0n) is 14.7. The van der Waals surface area contributed by atoms with Gasteiger partial charge in [-0.1, -0.05) is 6.07 Å². The van der Waals surface area contributed by atoms with E-state index in [9.17, 15) is 4.79 Å². The Hall–Kier alpha value is -1.62. The van der Waals surface area contributed by atoms with Crippen molar-refractivity contribution in [1.29, 1.82) is 0 Å². The van der Waals surface area contributed by atoms with Crippen LogP contribution in [0.15, 0.2) is 24.4 Å². The molecule has 1 aliphatic heterocycles. The maximum Gasteiger partial charge on any atom is 0.410 e. The Morgan fingerprint density at radius 1 is 1.30 bits per heavy atom. The molecule has 0 saturated carbocycles. The molecule has 1 aromatic heterocycles. The number of nitrogens with zero attached hydrogens (tertiary/aromatic N) is 2. The first kappa shape index (κ1) is 17.7. The molecule has 5 heteroatoms. The summed E-state index contributed by atoms with van der Waals surface area (Å²) < 4.78 is 10.9. The van der Waals surface area contributed by atoms with Crippen LogP contribution in [0.2, 0.25) is 0 Å². The van der Waals surface area contributed by atoms with Gasteiger partial charge in [-0.2, -0.15) is 0 Å². The lowest BCUT2D eigenvalue weighted by Gasteiger charge is -2.41. The molecule has 0 N–H and O–H groups in total. The van der Waals surface area contributed by atoms with E-state index < -0.39 is 5.60 Å². The molecule has 2 rings (SSSR count). The van der Waals surface area contributed by atoms with Crippen molar-refractivity contribution < 1.29 is 14.3 Å². The highest BCUT2D eigenvalue weighted by Crippen LogP contribution is 2.35. The first-order chi connectivity index (χ1) is 10.8. The molecule has 1 aliphatic rings. The van der Waals surface area contributed by atoms with Crippen molar-refractivity contribution in [1.82, 2.24) is 9.88 Å². The number of rotatable bonds is 4. The lowest BCUT2D eigenvalue weighted by Crippen LogP contribution is -2.47. The average Bonchev–Trinajstić information content (AvgIpc) is 2.47. The second-order valence-electron chi connectivity index (χ2n) is 7.40. The summed E-state index contributed by atoms with van der Waals surface area (Å²) >= 11 is 0. The second-order valence-corrected chi connectivity index (χ2v) is 7.40. The van der Waals surface area contributed by atoms with Gasteiger partial charge in [0.2, 0.25) is 0 Å². The molecule has 1 aromatic rings. The summed E-state index contributed by atoms with van der Waals surface area (Å²) in [5.41, 5.74) is 0.670. The fraction of sp³-hybridized carbons (Fsp3) is 0.667. The number of pyridine rings is 1. The lowest BCUT2D eigenvalue weighted by molar-refractivity contribution is -0.00698. The zero-order chi connectivity index (χ0) is 16.9. The summed E-state index contributed by atoms with van der Waals surface area (Å²) in [6.07, 6.45) is 4.28. The minimum absolute atomic E-state index is 0.0433. The minimum Gasteiger partial charge on any atom is -0.444 e. The molecule has 1 amide bonds. The Labute approximate surface area is 139 Å². The van der Waals surface area contributed by atoms with Crippen LogP contribution in [0.4, 0.5) is 4.79 Å². The molecule has 0 aliphatic carbocycles. The van der Waals surface area contributed by atoms with Gasteiger partial charge in [0.15, 0.2) is 0 Å². The molecule has 1 saturated heterocycles. The molecule has 0 aromatic carbocycles. The highest BCUT2D eigenvalue weighted by atomic mass is 16.6. The number of ether oxygens (including phenoxy) is 2. The molecule has 1 fully saturated rings. The van der Waals surface area contributed by atoms with Crippen LogP contribution >= 0.6 is 0 Å². The number of likely N-dealkylation sites (tertiary alicyclic amines) is 1. The van der Waals surface area contributed by atoms with Crippen LogP contribution in [-0.4, -0.2) is 48.4 Å². The van der Waals surface area contributed by atoms with Gasteiger partial charge in [0.1, 0.15) is 5.60 Å². The molecule has 0 radical (unpaired) electrons. The van der Waals surface area contributed by atoms with Crippen molar-refractivity contribution in [3.05, 3.63) is 30.1 Å². The molecule has 128 valence electrons. The van der Waals surface area contributed by atoms with E-state index >= 15 is 0 Å². The maximum absolute atomic E-state index is 12.2. The Balaban J connectivity index is 1.99. The molecule has 5 nitrogen and oxygen atoms in total. The van der Waals surface area contributed by atoms with Gasteiger partial charge in [-0.15, -0.1) is 0 Å². The van der Waals surface area contributed by atoms with Gasteiger partial charge in [0.05, 0.1) is 6.61 Å². The van der Waals surface area contributed by atoms with Crippen molar-refractivity contribution in [2.45, 2.75) is 45.6 Å². The monoisotopic (exact) mass is 320 g/mol. The molecule has 0 spiro atoms. The van der Waals surface area contributed by atoms with Crippen molar-refractivity contribution in [2.24, 2.45) is 5.41 Å². The number of piperidine rings is 1. The molecule has 0 bridgehead atoms. The number of carbonyl (C=O) groups is 1. The average molecular weight is 320 g/mol. The SMILES string of the molecule is COCC1(Cc2ccccn2)CCN(C(=O)OC(C)(C)C)CC1. The lowest BCUT2D eigenvalue weighted by atomic mass is 9.75. The third-order valence-corrected chi connectivity index (χ3v) is 4.21. The number of hydrogen-bond donors (Lipinski definition) is 0. The summed E-state index contributed by atoms with van der Waals surface area (Å²) in [6.45, 7) is 7.77. The van der Waals surface area contributed by atoms with E-state index in [0.29, 0.717) is 19.7 Å². The van der Waals surface area contributed by atoms with Crippen LogP contribution in [0.1, 0.15) is 39.3 Å². The van der Waals surface area contributed by atoms with E-state index in [-0.39, 0.29) is 11.5 Å². The summed E-state index contributed by atoms with van der Waals surface area (Å²) in [7, 11) is 1.74. The van der Waals surface area contributed by atoms with Crippen LogP contribution in [0.5, 0.6) is 0 Å². The van der Waals surface area contributed by atoms with Gasteiger partial charge in [0.25, 0.3) is 0 Å². The number of aromatic nitrogens is 1. The third kappa shape index (κ3) is 5.20. The second kappa shape index (κ2) is 7.30. The highest BCUT2D eigenvalue weighted by Gasteiger charge is 2.37. The minimum atomic E-state index is -0.452. The summed E-state index contributed by atoms with van der Waals surface area (Å²) in [5.74, 6) is 0. The topological polar surface area (TPSA) is 51.7 Å². The van der Waals surface area contributed by atoms with Crippen LogP contribution in [-0.2, 0) is 15.9 Å². The summed E-state index contributed by atoms with van der Waals surface area (Å²) in [6, 6.07) is 5.99. The normalized spacial score (nSPS) is 17.8. The number of hydrogen-bond acceptors (Lipinski definition) is 4. The van der Waals surface area contributed by atoms with Crippen LogP contribution in [0.3, 0.4) is 0 Å². The van der Waals surface area contributed by atoms with E-state index in [1.165, 1.54) is 0 Å². The zero-order valence-corrected chi connectivity index (χ0v) is 14.7. The Kier molecular flexibility index (Phi) is 5.63. The first-order valence-electron chi connectivity index (χ1n) is 8.20. The number of carbonyl (C=O) groups excluding carboxylic acids is 1. The fourth-order valence-corrected chi connectivity index (χ4v) is 3.06. The quantitative estimate of drug-likeness (QED) is 0.854. The Morgan fingerprint density at radius 2 is 2.00 bits per heavy atom. The Morgan fingerprint density at radius 3 is 2.52 bits per heavy atom. The van der Waals surface area contributed by atoms with Crippen LogP contribution in [0.25, 0.3) is 0 Å². The highest BCUT2D eigenvalue weighted by molar-refractivity contribution is 5.68. The number of methoxy groups -OCH3 is 1. The van der Waals surface area contributed by atoms with Crippen molar-refractivity contribution in [3.8, 4) is 0 Å². The van der Waals surface area contributed by atoms with Gasteiger partial charge in [-0.25, -0.2) is 4.79 Å². The van der Waals surface area contributed by atoms with Crippen LogP contribution < -0.4 is 0 Å². The van der Waals surface area contributed by atoms with Gasteiger partial charge >= 0.3 is 6.09 Å². The number of amides is 1. The van der Waals surface area contributed by atoms with E-state index in [1.807, 2.05) is 39.1 Å². The first-order valence-corrected chi connectivity index (χ1v) is 8.20. The van der Waals surface area contributed by atoms with E-state index in [1.54, 1.807) is 12.0 Å². The van der Waals surface area contributed by atoms with Crippen molar-refractivity contribution >= 4 is 6.09 Å². The predicted molar refractivity (Wildman–Crippen MR) is 89.3 cm³/mol. The van der Waals surface area contributed by atoms with Crippen molar-refractivity contribution in [3.63, 3.8) is 0 Å². The largest absolute Gasteiger partial charge is 0.444 e. The smallest absolute Gasteiger partial charge is 0.410 e. The maximum atomic E-state index is 12.2. The third-order valence-electron chi connectivity index (χ3n) is 4.21. The molecule has 0 atom stereocenters. The standard InChI is InChI=1S/C18H28N2O3/c1-17(2,3)23-16(21)20-11-8-18(9-12-20,14-22-4)13-15-7-5-6-10-19-15/h5-7,10H,8-9,11-14H2,1-4H3. The molecule has 23 heavy (non-hydrogen) atoms. The Bertz CT molecular complexity index is 503. The molecule has 0 unspecified atom stereocenters. The summed E-state index contributed by atoms with van der Waals surface area (Å²) in [5, 5.41) is 0. The fourth-order valence-electron chi connectivity index (χ4n) is 3.06. The van der Waals surface area contributed by atoms with Gasteiger partial charge < -0.3 is 14.4 Å². The molecular weight excluding hydrogens is 292 g/mol. The van der Waals surface area contributed by atoms with E-state index in [4.69, 9.17) is 9.47 Å². The van der Waals surface area contributed by atoms with Crippen molar-refractivity contribution in [2.75, 3.05) is 26.8 Å². The molecule has 2 heterocycles. The predicted octanol–water partition coefficient (Wildman–Crippen LogP) is 3.29.